The first-order chi connectivity index (χ1) is 17.5. The summed E-state index contributed by atoms with van der Waals surface area (Å²) in [7, 11) is 1.88. The Labute approximate surface area is 208 Å². The Balaban J connectivity index is 1.25. The quantitative estimate of drug-likeness (QED) is 0.389. The highest BCUT2D eigenvalue weighted by atomic mass is 16.2. The number of anilines is 1. The molecule has 0 bridgehead atoms. The maximum Gasteiger partial charge on any atom is 0.258 e. The smallest absolute Gasteiger partial charge is 0.258 e. The van der Waals surface area contributed by atoms with Crippen molar-refractivity contribution in [3.63, 3.8) is 0 Å². The van der Waals surface area contributed by atoms with Crippen LogP contribution in [0.25, 0.3) is 10.9 Å². The number of H-pyrrole nitrogens is 1. The van der Waals surface area contributed by atoms with Gasteiger partial charge in [0.1, 0.15) is 0 Å². The topological polar surface area (TPSA) is 127 Å². The largest absolute Gasteiger partial charge is 0.388 e. The first kappa shape index (κ1) is 24.9. The number of carbonyl (C=O) groups is 3. The summed E-state index contributed by atoms with van der Waals surface area (Å²) >= 11 is 0. The number of hydrogen-bond acceptors (Lipinski definition) is 6. The average molecular weight is 491 g/mol. The molecule has 1 aliphatic heterocycles. The summed E-state index contributed by atoms with van der Waals surface area (Å²) in [6.45, 7) is 1.55. The van der Waals surface area contributed by atoms with Crippen molar-refractivity contribution in [2.24, 2.45) is 0 Å². The van der Waals surface area contributed by atoms with Gasteiger partial charge < -0.3 is 25.4 Å². The van der Waals surface area contributed by atoms with E-state index in [9.17, 15) is 19.2 Å². The molecule has 10 nitrogen and oxygen atoms in total. The van der Waals surface area contributed by atoms with E-state index in [0.717, 1.165) is 24.1 Å². The SMILES string of the molecule is CNc1ccccc1CCN(C=O)C1CCN(C(=O)CNC(=O)c2ccc3c(=O)[nH]cnc3c2)CC1. The number of likely N-dealkylation sites (tertiary alicyclic amines) is 1. The maximum absolute atomic E-state index is 12.7. The first-order valence-corrected chi connectivity index (χ1v) is 12.0. The molecular weight excluding hydrogens is 460 g/mol. The van der Waals surface area contributed by atoms with Crippen LogP contribution in [0.15, 0.2) is 53.6 Å². The van der Waals surface area contributed by atoms with Gasteiger partial charge in [-0.3, -0.25) is 19.2 Å². The molecule has 1 aliphatic rings. The fraction of sp³-hybridized carbons (Fsp3) is 0.346. The van der Waals surface area contributed by atoms with Crippen molar-refractivity contribution in [2.75, 3.05) is 38.5 Å². The number of fused-ring (bicyclic) bond motifs is 1. The van der Waals surface area contributed by atoms with Crippen molar-refractivity contribution in [3.05, 3.63) is 70.3 Å². The van der Waals surface area contributed by atoms with Gasteiger partial charge >= 0.3 is 0 Å². The number of aromatic nitrogens is 2. The summed E-state index contributed by atoms with van der Waals surface area (Å²) < 4.78 is 0. The molecule has 1 saturated heterocycles. The third-order valence-electron chi connectivity index (χ3n) is 6.65. The van der Waals surface area contributed by atoms with Gasteiger partial charge in [-0.2, -0.15) is 0 Å². The van der Waals surface area contributed by atoms with Crippen molar-refractivity contribution in [1.82, 2.24) is 25.1 Å². The van der Waals surface area contributed by atoms with Crippen LogP contribution in [-0.2, 0) is 16.0 Å². The second-order valence-electron chi connectivity index (χ2n) is 8.76. The third-order valence-corrected chi connectivity index (χ3v) is 6.65. The van der Waals surface area contributed by atoms with Gasteiger partial charge in [0.15, 0.2) is 0 Å². The van der Waals surface area contributed by atoms with Gasteiger partial charge in [-0.05, 0) is 49.1 Å². The van der Waals surface area contributed by atoms with Gasteiger partial charge in [-0.25, -0.2) is 4.98 Å². The van der Waals surface area contributed by atoms with Gasteiger partial charge in [0, 0.05) is 44.0 Å². The van der Waals surface area contributed by atoms with E-state index in [-0.39, 0.29) is 24.1 Å². The number of hydrogen-bond donors (Lipinski definition) is 3. The maximum atomic E-state index is 12.7. The number of piperidine rings is 1. The highest BCUT2D eigenvalue weighted by molar-refractivity contribution is 5.99. The van der Waals surface area contributed by atoms with Crippen molar-refractivity contribution in [2.45, 2.75) is 25.3 Å². The molecule has 0 unspecified atom stereocenters. The lowest BCUT2D eigenvalue weighted by Crippen LogP contribution is -2.49. The molecule has 0 spiro atoms. The molecule has 188 valence electrons. The zero-order valence-corrected chi connectivity index (χ0v) is 20.2. The van der Waals surface area contributed by atoms with Crippen LogP contribution in [0.4, 0.5) is 5.69 Å². The second kappa shape index (κ2) is 11.5. The summed E-state index contributed by atoms with van der Waals surface area (Å²) in [4.78, 5) is 58.9. The van der Waals surface area contributed by atoms with Crippen molar-refractivity contribution in [3.8, 4) is 0 Å². The van der Waals surface area contributed by atoms with E-state index in [2.05, 4.69) is 26.7 Å². The van der Waals surface area contributed by atoms with Gasteiger partial charge in [0.25, 0.3) is 11.5 Å². The summed E-state index contributed by atoms with van der Waals surface area (Å²) in [6.07, 6.45) is 4.32. The van der Waals surface area contributed by atoms with E-state index in [1.165, 1.54) is 18.5 Å². The van der Waals surface area contributed by atoms with E-state index in [0.29, 0.717) is 48.9 Å². The zero-order chi connectivity index (χ0) is 25.5. The Hall–Kier alpha value is -4.21. The van der Waals surface area contributed by atoms with Crippen LogP contribution in [0, 0.1) is 0 Å². The molecule has 3 N–H and O–H groups in total. The van der Waals surface area contributed by atoms with Gasteiger partial charge in [0.2, 0.25) is 12.3 Å². The minimum Gasteiger partial charge on any atom is -0.388 e. The molecule has 1 fully saturated rings. The monoisotopic (exact) mass is 490 g/mol. The van der Waals surface area contributed by atoms with Gasteiger partial charge in [-0.15, -0.1) is 0 Å². The summed E-state index contributed by atoms with van der Waals surface area (Å²) in [5, 5.41) is 6.22. The van der Waals surface area contributed by atoms with Gasteiger partial charge in [-0.1, -0.05) is 18.2 Å². The van der Waals surface area contributed by atoms with Crippen molar-refractivity contribution in [1.29, 1.82) is 0 Å². The molecule has 4 rings (SSSR count). The second-order valence-corrected chi connectivity index (χ2v) is 8.76. The molecule has 0 atom stereocenters. The molecule has 0 radical (unpaired) electrons. The van der Waals surface area contributed by atoms with Crippen LogP contribution < -0.4 is 16.2 Å². The fourth-order valence-corrected chi connectivity index (χ4v) is 4.58. The number of carbonyl (C=O) groups excluding carboxylic acids is 3. The Bertz CT molecular complexity index is 1300. The standard InChI is InChI=1S/C26H30N6O4/c1-27-22-5-3-2-4-18(22)8-11-32(17-33)20-9-12-31(13-10-20)24(34)15-28-25(35)19-6-7-21-23(14-19)29-16-30-26(21)36/h2-7,14,16-17,20,27H,8-13,15H2,1H3,(H,28,35)(H,29,30,36). The molecule has 10 heteroatoms. The van der Waals surface area contributed by atoms with E-state index in [4.69, 9.17) is 0 Å². The van der Waals surface area contributed by atoms with Crippen molar-refractivity contribution < 1.29 is 14.4 Å². The van der Waals surface area contributed by atoms with E-state index < -0.39 is 5.91 Å². The molecule has 2 aromatic carbocycles. The Morgan fingerprint density at radius 3 is 2.72 bits per heavy atom. The minimum atomic E-state index is -0.406. The lowest BCUT2D eigenvalue weighted by molar-refractivity contribution is -0.132. The lowest BCUT2D eigenvalue weighted by Gasteiger charge is -2.37. The zero-order valence-electron chi connectivity index (χ0n) is 20.2. The van der Waals surface area contributed by atoms with Crippen molar-refractivity contribution >= 4 is 34.8 Å². The molecular formula is C26H30N6O4. The van der Waals surface area contributed by atoms with Crippen LogP contribution >= 0.6 is 0 Å². The fourth-order valence-electron chi connectivity index (χ4n) is 4.58. The number of para-hydroxylation sites is 1. The number of amides is 3. The molecule has 0 saturated carbocycles. The highest BCUT2D eigenvalue weighted by Gasteiger charge is 2.26. The molecule has 36 heavy (non-hydrogen) atoms. The predicted molar refractivity (Wildman–Crippen MR) is 137 cm³/mol. The number of nitrogens with one attached hydrogen (secondary N) is 3. The molecule has 1 aromatic heterocycles. The molecule has 0 aliphatic carbocycles. The number of nitrogens with zero attached hydrogens (tertiary/aromatic N) is 3. The Kier molecular flexibility index (Phi) is 7.94. The van der Waals surface area contributed by atoms with Crippen LogP contribution in [0.1, 0.15) is 28.8 Å². The minimum absolute atomic E-state index is 0.0798. The number of benzene rings is 2. The predicted octanol–water partition coefficient (Wildman–Crippen LogP) is 1.39. The third kappa shape index (κ3) is 5.70. The van der Waals surface area contributed by atoms with Gasteiger partial charge in [0.05, 0.1) is 23.8 Å². The van der Waals surface area contributed by atoms with E-state index in [1.54, 1.807) is 11.0 Å². The first-order valence-electron chi connectivity index (χ1n) is 12.0. The molecule has 2 heterocycles. The molecule has 3 aromatic rings. The highest BCUT2D eigenvalue weighted by Crippen LogP contribution is 2.19. The van der Waals surface area contributed by atoms with Crippen LogP contribution in [0.5, 0.6) is 0 Å². The molecule has 3 amide bonds. The normalized spacial score (nSPS) is 13.9. The Morgan fingerprint density at radius 2 is 1.97 bits per heavy atom. The van der Waals surface area contributed by atoms with Crippen LogP contribution in [0.3, 0.4) is 0 Å². The lowest BCUT2D eigenvalue weighted by atomic mass is 10.0. The summed E-state index contributed by atoms with van der Waals surface area (Å²) in [5.41, 5.74) is 2.67. The van der Waals surface area contributed by atoms with Crippen LogP contribution in [0.2, 0.25) is 0 Å². The van der Waals surface area contributed by atoms with E-state index >= 15 is 0 Å². The summed E-state index contributed by atoms with van der Waals surface area (Å²) in [6, 6.07) is 12.7. The van der Waals surface area contributed by atoms with Crippen LogP contribution in [-0.4, -0.2) is 77.3 Å². The number of aromatic amines is 1. The summed E-state index contributed by atoms with van der Waals surface area (Å²) in [5.74, 6) is -0.575. The number of rotatable bonds is 9. The van der Waals surface area contributed by atoms with E-state index in [1.807, 2.05) is 30.1 Å². The average Bonchev–Trinajstić information content (AvgIpc) is 2.92. The Morgan fingerprint density at radius 1 is 1.19 bits per heavy atom.